The van der Waals surface area contributed by atoms with Crippen LogP contribution in [0.1, 0.15) is 21.5 Å². The number of amides is 1. The first-order chi connectivity index (χ1) is 11.6. The van der Waals surface area contributed by atoms with E-state index in [1.807, 2.05) is 42.5 Å². The predicted molar refractivity (Wildman–Crippen MR) is 97.9 cm³/mol. The van der Waals surface area contributed by atoms with Crippen molar-refractivity contribution in [3.8, 4) is 0 Å². The first-order valence-corrected chi connectivity index (χ1v) is 7.89. The van der Waals surface area contributed by atoms with E-state index in [4.69, 9.17) is 0 Å². The summed E-state index contributed by atoms with van der Waals surface area (Å²) < 4.78 is 0. The summed E-state index contributed by atoms with van der Waals surface area (Å²) in [6, 6.07) is 17.8. The van der Waals surface area contributed by atoms with Crippen LogP contribution < -0.4 is 10.6 Å². The lowest BCUT2D eigenvalue weighted by atomic mass is 10.1. The van der Waals surface area contributed by atoms with E-state index in [0.717, 1.165) is 18.1 Å². The molecule has 0 bridgehead atoms. The van der Waals surface area contributed by atoms with E-state index in [0.29, 0.717) is 12.1 Å². The lowest BCUT2D eigenvalue weighted by Crippen LogP contribution is -2.36. The molecule has 0 radical (unpaired) electrons. The Kier molecular flexibility index (Phi) is 6.37. The van der Waals surface area contributed by atoms with Crippen LogP contribution in [0.25, 0.3) is 0 Å². The van der Waals surface area contributed by atoms with Crippen molar-refractivity contribution in [2.24, 2.45) is 4.99 Å². The molecule has 126 valence electrons. The van der Waals surface area contributed by atoms with Gasteiger partial charge < -0.3 is 15.5 Å². The highest BCUT2D eigenvalue weighted by Crippen LogP contribution is 2.06. The van der Waals surface area contributed by atoms with Crippen molar-refractivity contribution in [1.29, 1.82) is 0 Å². The molecule has 0 spiro atoms. The van der Waals surface area contributed by atoms with E-state index in [1.165, 1.54) is 5.56 Å². The third-order valence-electron chi connectivity index (χ3n) is 3.59. The smallest absolute Gasteiger partial charge is 0.253 e. The van der Waals surface area contributed by atoms with Crippen LogP contribution in [0.5, 0.6) is 0 Å². The molecular formula is C19H24N4O. The van der Waals surface area contributed by atoms with Crippen molar-refractivity contribution < 1.29 is 4.79 Å². The molecule has 5 heteroatoms. The van der Waals surface area contributed by atoms with E-state index in [-0.39, 0.29) is 5.91 Å². The number of nitrogens with zero attached hydrogens (tertiary/aromatic N) is 2. The number of hydrogen-bond donors (Lipinski definition) is 2. The van der Waals surface area contributed by atoms with Gasteiger partial charge in [0.1, 0.15) is 0 Å². The molecule has 2 N–H and O–H groups in total. The number of carbonyl (C=O) groups is 1. The second kappa shape index (κ2) is 8.72. The van der Waals surface area contributed by atoms with Gasteiger partial charge in [0.05, 0.1) is 0 Å². The van der Waals surface area contributed by atoms with Crippen LogP contribution in [0.3, 0.4) is 0 Å². The van der Waals surface area contributed by atoms with Crippen LogP contribution in [0.2, 0.25) is 0 Å². The first-order valence-electron chi connectivity index (χ1n) is 7.89. The zero-order valence-electron chi connectivity index (χ0n) is 14.4. The molecule has 0 saturated heterocycles. The Morgan fingerprint density at radius 3 is 1.96 bits per heavy atom. The maximum Gasteiger partial charge on any atom is 0.253 e. The van der Waals surface area contributed by atoms with Crippen molar-refractivity contribution in [3.63, 3.8) is 0 Å². The van der Waals surface area contributed by atoms with Gasteiger partial charge in [0, 0.05) is 39.8 Å². The summed E-state index contributed by atoms with van der Waals surface area (Å²) in [5.74, 6) is 0.752. The summed E-state index contributed by atoms with van der Waals surface area (Å²) in [5, 5.41) is 6.55. The number of benzene rings is 2. The molecular weight excluding hydrogens is 300 g/mol. The molecule has 5 nitrogen and oxygen atoms in total. The minimum Gasteiger partial charge on any atom is -0.352 e. The third kappa shape index (κ3) is 5.12. The van der Waals surface area contributed by atoms with Gasteiger partial charge in [-0.15, -0.1) is 0 Å². The normalized spacial score (nSPS) is 11.0. The Balaban J connectivity index is 1.86. The third-order valence-corrected chi connectivity index (χ3v) is 3.59. The molecule has 0 aliphatic rings. The van der Waals surface area contributed by atoms with E-state index in [2.05, 4.69) is 27.8 Å². The first kappa shape index (κ1) is 17.5. The fourth-order valence-corrected chi connectivity index (χ4v) is 2.21. The summed E-state index contributed by atoms with van der Waals surface area (Å²) in [6.07, 6.45) is 0. The maximum atomic E-state index is 11.9. The maximum absolute atomic E-state index is 11.9. The zero-order valence-corrected chi connectivity index (χ0v) is 14.4. The molecule has 0 fully saturated rings. The average molecular weight is 324 g/mol. The van der Waals surface area contributed by atoms with Gasteiger partial charge in [-0.2, -0.15) is 0 Å². The SMILES string of the molecule is CN=C(NCc1ccccc1)NCc1ccc(C(=O)N(C)C)cc1. The van der Waals surface area contributed by atoms with Crippen LogP contribution in [0.4, 0.5) is 0 Å². The fraction of sp³-hybridized carbons (Fsp3) is 0.263. The van der Waals surface area contributed by atoms with Crippen LogP contribution in [0, 0.1) is 0 Å². The Bertz CT molecular complexity index is 678. The number of hydrogen-bond acceptors (Lipinski definition) is 2. The van der Waals surface area contributed by atoms with Crippen molar-refractivity contribution in [3.05, 3.63) is 71.3 Å². The Morgan fingerprint density at radius 1 is 0.917 bits per heavy atom. The van der Waals surface area contributed by atoms with E-state index in [1.54, 1.807) is 26.0 Å². The van der Waals surface area contributed by atoms with Gasteiger partial charge in [-0.05, 0) is 23.3 Å². The lowest BCUT2D eigenvalue weighted by molar-refractivity contribution is 0.0827. The predicted octanol–water partition coefficient (Wildman–Crippen LogP) is 2.25. The van der Waals surface area contributed by atoms with Gasteiger partial charge in [0.15, 0.2) is 5.96 Å². The van der Waals surface area contributed by atoms with Gasteiger partial charge >= 0.3 is 0 Å². The topological polar surface area (TPSA) is 56.7 Å². The molecule has 0 aliphatic carbocycles. The molecule has 2 aromatic rings. The Hall–Kier alpha value is -2.82. The highest BCUT2D eigenvalue weighted by atomic mass is 16.2. The minimum atomic E-state index is 0.00912. The molecule has 0 saturated carbocycles. The molecule has 0 unspecified atom stereocenters. The van der Waals surface area contributed by atoms with Crippen molar-refractivity contribution in [1.82, 2.24) is 15.5 Å². The Labute approximate surface area is 143 Å². The molecule has 0 atom stereocenters. The van der Waals surface area contributed by atoms with Gasteiger partial charge in [0.25, 0.3) is 5.91 Å². The number of aliphatic imine (C=N–C) groups is 1. The molecule has 0 aliphatic heterocycles. The van der Waals surface area contributed by atoms with Crippen molar-refractivity contribution >= 4 is 11.9 Å². The van der Waals surface area contributed by atoms with Crippen molar-refractivity contribution in [2.75, 3.05) is 21.1 Å². The second-order valence-electron chi connectivity index (χ2n) is 5.66. The van der Waals surface area contributed by atoms with Crippen LogP contribution in [-0.4, -0.2) is 37.9 Å². The monoisotopic (exact) mass is 324 g/mol. The quantitative estimate of drug-likeness (QED) is 0.655. The molecule has 0 aromatic heterocycles. The average Bonchev–Trinajstić information content (AvgIpc) is 2.62. The minimum absolute atomic E-state index is 0.00912. The number of rotatable bonds is 5. The standard InChI is InChI=1S/C19H24N4O/c1-20-19(21-13-15-7-5-4-6-8-15)22-14-16-9-11-17(12-10-16)18(24)23(2)3/h4-12H,13-14H2,1-3H3,(H2,20,21,22). The second-order valence-corrected chi connectivity index (χ2v) is 5.66. The lowest BCUT2D eigenvalue weighted by Gasteiger charge is -2.13. The van der Waals surface area contributed by atoms with Crippen LogP contribution >= 0.6 is 0 Å². The number of nitrogens with one attached hydrogen (secondary N) is 2. The summed E-state index contributed by atoms with van der Waals surface area (Å²) in [5.41, 5.74) is 2.98. The van der Waals surface area contributed by atoms with Gasteiger partial charge in [-0.1, -0.05) is 42.5 Å². The van der Waals surface area contributed by atoms with E-state index < -0.39 is 0 Å². The van der Waals surface area contributed by atoms with Gasteiger partial charge in [-0.25, -0.2) is 0 Å². The van der Waals surface area contributed by atoms with Gasteiger partial charge in [0.2, 0.25) is 0 Å². The summed E-state index contributed by atoms with van der Waals surface area (Å²) in [7, 11) is 5.25. The summed E-state index contributed by atoms with van der Waals surface area (Å²) in [4.78, 5) is 17.7. The Morgan fingerprint density at radius 2 is 1.46 bits per heavy atom. The van der Waals surface area contributed by atoms with Crippen molar-refractivity contribution in [2.45, 2.75) is 13.1 Å². The van der Waals surface area contributed by atoms with Crippen LogP contribution in [-0.2, 0) is 13.1 Å². The number of guanidine groups is 1. The molecule has 1 amide bonds. The number of carbonyl (C=O) groups excluding carboxylic acids is 1. The highest BCUT2D eigenvalue weighted by molar-refractivity contribution is 5.93. The molecule has 0 heterocycles. The summed E-state index contributed by atoms with van der Waals surface area (Å²) in [6.45, 7) is 1.36. The van der Waals surface area contributed by atoms with Crippen LogP contribution in [0.15, 0.2) is 59.6 Å². The van der Waals surface area contributed by atoms with E-state index in [9.17, 15) is 4.79 Å². The van der Waals surface area contributed by atoms with E-state index >= 15 is 0 Å². The summed E-state index contributed by atoms with van der Waals surface area (Å²) >= 11 is 0. The molecule has 24 heavy (non-hydrogen) atoms. The molecule has 2 rings (SSSR count). The fourth-order valence-electron chi connectivity index (χ4n) is 2.21. The molecule has 2 aromatic carbocycles. The van der Waals surface area contributed by atoms with Gasteiger partial charge in [-0.3, -0.25) is 9.79 Å². The largest absolute Gasteiger partial charge is 0.352 e. The highest BCUT2D eigenvalue weighted by Gasteiger charge is 2.07. The zero-order chi connectivity index (χ0) is 17.4.